The van der Waals surface area contributed by atoms with Crippen LogP contribution in [-0.2, 0) is 18.3 Å². The first-order valence-electron chi connectivity index (χ1n) is 22.4. The lowest BCUT2D eigenvalue weighted by Crippen LogP contribution is -2.39. The molecule has 0 saturated heterocycles. The summed E-state index contributed by atoms with van der Waals surface area (Å²) < 4.78 is 14.1. The van der Waals surface area contributed by atoms with Crippen LogP contribution in [0.4, 0.5) is 22.7 Å². The molecule has 2 aliphatic heterocycles. The molecule has 8 aromatic rings. The lowest BCUT2D eigenvalue weighted by Gasteiger charge is -2.44. The van der Waals surface area contributed by atoms with Crippen LogP contribution in [0.15, 0.2) is 160 Å². The number of aliphatic hydroxyl groups excluding tert-OH is 1. The number of fused-ring (bicyclic) bond motifs is 11. The van der Waals surface area contributed by atoms with E-state index in [-0.39, 0.29) is 18.0 Å². The van der Waals surface area contributed by atoms with Crippen LogP contribution in [0.2, 0.25) is 0 Å². The molecule has 1 spiro atoms. The van der Waals surface area contributed by atoms with Crippen molar-refractivity contribution < 1.29 is 13.9 Å². The molecule has 308 valence electrons. The number of benzene rings is 6. The normalized spacial score (nSPS) is 17.5. The van der Waals surface area contributed by atoms with Gasteiger partial charge in [0.25, 0.3) is 0 Å². The number of nitrogens with zero attached hydrogens (tertiary/aromatic N) is 2. The SMILES string of the molecule is CCc1oc2c(c1-c1ccccc1)N(C(C)C)c1ccccc1C21c2ccccc2-c2cc(CC(C)N3c4ccccc4C(O)c4oc(C(C)C)c(-c5ccccc5)c43)ccc21. The third-order valence-electron chi connectivity index (χ3n) is 13.6. The summed E-state index contributed by atoms with van der Waals surface area (Å²) in [6.07, 6.45) is 0.685. The molecular formula is C57H52N2O3. The Morgan fingerprint density at radius 1 is 0.597 bits per heavy atom. The van der Waals surface area contributed by atoms with E-state index in [9.17, 15) is 5.11 Å². The summed E-state index contributed by atoms with van der Waals surface area (Å²) in [5.74, 6) is 3.64. The Kier molecular flexibility index (Phi) is 8.99. The summed E-state index contributed by atoms with van der Waals surface area (Å²) in [6.45, 7) is 13.4. The molecule has 0 radical (unpaired) electrons. The molecule has 0 fully saturated rings. The van der Waals surface area contributed by atoms with Gasteiger partial charge in [-0.05, 0) is 83.8 Å². The molecule has 0 amide bonds. The molecule has 5 nitrogen and oxygen atoms in total. The maximum Gasteiger partial charge on any atom is 0.161 e. The van der Waals surface area contributed by atoms with Gasteiger partial charge in [0.1, 0.15) is 28.8 Å². The fourth-order valence-corrected chi connectivity index (χ4v) is 11.1. The number of furan rings is 2. The highest BCUT2D eigenvalue weighted by Crippen LogP contribution is 2.65. The molecule has 6 aromatic carbocycles. The molecule has 2 aromatic heterocycles. The molecule has 62 heavy (non-hydrogen) atoms. The predicted octanol–water partition coefficient (Wildman–Crippen LogP) is 14.3. The maximum atomic E-state index is 11.9. The van der Waals surface area contributed by atoms with E-state index in [0.29, 0.717) is 5.76 Å². The molecule has 4 heterocycles. The molecular weight excluding hydrogens is 761 g/mol. The zero-order chi connectivity index (χ0) is 42.4. The summed E-state index contributed by atoms with van der Waals surface area (Å²) in [6, 6.07) is 55.0. The Labute approximate surface area is 364 Å². The van der Waals surface area contributed by atoms with Gasteiger partial charge in [-0.1, -0.05) is 160 Å². The Hall–Kier alpha value is -6.56. The van der Waals surface area contributed by atoms with E-state index in [1.165, 1.54) is 55.9 Å². The van der Waals surface area contributed by atoms with E-state index in [1.54, 1.807) is 0 Å². The second kappa shape index (κ2) is 14.5. The topological polar surface area (TPSA) is 53.0 Å². The van der Waals surface area contributed by atoms with E-state index in [4.69, 9.17) is 8.83 Å². The fraction of sp³-hybridized carbons (Fsp3) is 0.228. The lowest BCUT2D eigenvalue weighted by atomic mass is 9.67. The standard InChI is InChI=1S/C57H52N2O3/c1-7-48-49(38-20-10-8-11-21-38)52-56(61-48)57(45-27-17-19-29-47(45)58(52)35(4)5)43-26-16-14-24-40(43)42-33-37(30-31-44(42)57)32-36(6)59-46-28-18-15-25-41(46)53(60)55-51(59)50(54(62-55)34(2)3)39-22-12-9-13-23-39/h8-31,33-36,53,60H,7,32H2,1-6H3. The van der Waals surface area contributed by atoms with Crippen molar-refractivity contribution in [1.82, 2.24) is 0 Å². The largest absolute Gasteiger partial charge is 0.461 e. The van der Waals surface area contributed by atoms with Gasteiger partial charge in [0, 0.05) is 52.5 Å². The minimum absolute atomic E-state index is 0.0124. The van der Waals surface area contributed by atoms with Gasteiger partial charge in [-0.3, -0.25) is 0 Å². The van der Waals surface area contributed by atoms with Crippen molar-refractivity contribution >= 4 is 22.7 Å². The smallest absolute Gasteiger partial charge is 0.161 e. The summed E-state index contributed by atoms with van der Waals surface area (Å²) in [5.41, 5.74) is 16.5. The second-order valence-corrected chi connectivity index (χ2v) is 17.9. The van der Waals surface area contributed by atoms with Crippen LogP contribution in [0.3, 0.4) is 0 Å². The number of aryl methyl sites for hydroxylation is 1. The Morgan fingerprint density at radius 2 is 1.21 bits per heavy atom. The first-order valence-corrected chi connectivity index (χ1v) is 22.4. The number of rotatable bonds is 8. The van der Waals surface area contributed by atoms with Gasteiger partial charge in [0.05, 0.1) is 11.4 Å². The van der Waals surface area contributed by atoms with Crippen molar-refractivity contribution in [3.8, 4) is 33.4 Å². The van der Waals surface area contributed by atoms with Gasteiger partial charge in [0.2, 0.25) is 0 Å². The van der Waals surface area contributed by atoms with Crippen LogP contribution in [-0.4, -0.2) is 17.2 Å². The van der Waals surface area contributed by atoms with Gasteiger partial charge < -0.3 is 23.7 Å². The number of hydrogen-bond donors (Lipinski definition) is 1. The first kappa shape index (κ1) is 38.4. The zero-order valence-electron chi connectivity index (χ0n) is 36.3. The highest BCUT2D eigenvalue weighted by Gasteiger charge is 2.55. The molecule has 0 bridgehead atoms. The van der Waals surface area contributed by atoms with E-state index in [0.717, 1.165) is 58.2 Å². The van der Waals surface area contributed by atoms with Crippen LogP contribution in [0, 0.1) is 0 Å². The predicted molar refractivity (Wildman–Crippen MR) is 252 cm³/mol. The molecule has 1 N–H and O–H groups in total. The van der Waals surface area contributed by atoms with Gasteiger partial charge in [-0.15, -0.1) is 0 Å². The van der Waals surface area contributed by atoms with Crippen molar-refractivity contribution in [3.63, 3.8) is 0 Å². The average Bonchev–Trinajstić information content (AvgIpc) is 3.97. The van der Waals surface area contributed by atoms with Gasteiger partial charge in [-0.2, -0.15) is 0 Å². The van der Waals surface area contributed by atoms with Crippen LogP contribution in [0.5, 0.6) is 0 Å². The Bertz CT molecular complexity index is 2990. The highest BCUT2D eigenvalue weighted by atomic mass is 16.4. The monoisotopic (exact) mass is 812 g/mol. The Morgan fingerprint density at radius 3 is 1.90 bits per heavy atom. The summed E-state index contributed by atoms with van der Waals surface area (Å²) in [4.78, 5) is 4.95. The van der Waals surface area contributed by atoms with Crippen LogP contribution < -0.4 is 9.80 Å². The summed E-state index contributed by atoms with van der Waals surface area (Å²) in [5, 5.41) is 11.9. The molecule has 11 rings (SSSR count). The second-order valence-electron chi connectivity index (χ2n) is 17.9. The number of para-hydroxylation sites is 2. The van der Waals surface area contributed by atoms with E-state index in [2.05, 4.69) is 191 Å². The van der Waals surface area contributed by atoms with Gasteiger partial charge >= 0.3 is 0 Å². The highest BCUT2D eigenvalue weighted by molar-refractivity contribution is 5.97. The van der Waals surface area contributed by atoms with Gasteiger partial charge in [0.15, 0.2) is 5.76 Å². The first-order chi connectivity index (χ1) is 30.2. The fourth-order valence-electron chi connectivity index (χ4n) is 11.1. The van der Waals surface area contributed by atoms with E-state index in [1.807, 2.05) is 12.1 Å². The lowest BCUT2D eigenvalue weighted by molar-refractivity contribution is 0.184. The van der Waals surface area contributed by atoms with Crippen LogP contribution >= 0.6 is 0 Å². The number of aliphatic hydroxyl groups is 1. The third-order valence-corrected chi connectivity index (χ3v) is 13.6. The number of hydrogen-bond acceptors (Lipinski definition) is 5. The van der Waals surface area contributed by atoms with E-state index >= 15 is 0 Å². The van der Waals surface area contributed by atoms with Crippen molar-refractivity contribution in [1.29, 1.82) is 0 Å². The van der Waals surface area contributed by atoms with Crippen molar-refractivity contribution in [2.75, 3.05) is 9.80 Å². The summed E-state index contributed by atoms with van der Waals surface area (Å²) >= 11 is 0. The minimum Gasteiger partial charge on any atom is -0.461 e. The summed E-state index contributed by atoms with van der Waals surface area (Å²) in [7, 11) is 0. The maximum absolute atomic E-state index is 11.9. The zero-order valence-corrected chi connectivity index (χ0v) is 36.3. The molecule has 1 aliphatic carbocycles. The molecule has 0 saturated carbocycles. The van der Waals surface area contributed by atoms with Gasteiger partial charge in [-0.25, -0.2) is 0 Å². The number of anilines is 4. The Balaban J connectivity index is 1.10. The molecule has 3 aliphatic rings. The van der Waals surface area contributed by atoms with Crippen molar-refractivity contribution in [2.24, 2.45) is 0 Å². The average molecular weight is 813 g/mol. The minimum atomic E-state index is -0.862. The third kappa shape index (κ3) is 5.37. The van der Waals surface area contributed by atoms with Crippen molar-refractivity contribution in [3.05, 3.63) is 203 Å². The van der Waals surface area contributed by atoms with Crippen LogP contribution in [0.1, 0.15) is 104 Å². The molecule has 5 heteroatoms. The van der Waals surface area contributed by atoms with E-state index < -0.39 is 11.5 Å². The van der Waals surface area contributed by atoms with Crippen molar-refractivity contribution in [2.45, 2.75) is 83.9 Å². The van der Waals surface area contributed by atoms with Crippen LogP contribution in [0.25, 0.3) is 33.4 Å². The molecule has 3 atom stereocenters. The molecule has 3 unspecified atom stereocenters. The quantitative estimate of drug-likeness (QED) is 0.166.